The summed E-state index contributed by atoms with van der Waals surface area (Å²) >= 11 is 5.85. The number of carbonyl (C=O) groups excluding carboxylic acids is 1. The molecule has 1 amide bonds. The maximum atomic E-state index is 12.5. The van der Waals surface area contributed by atoms with E-state index in [0.717, 1.165) is 18.4 Å². The van der Waals surface area contributed by atoms with Gasteiger partial charge in [0.1, 0.15) is 0 Å². The van der Waals surface area contributed by atoms with E-state index in [0.29, 0.717) is 18.5 Å². The van der Waals surface area contributed by atoms with Crippen LogP contribution in [0.3, 0.4) is 0 Å². The largest absolute Gasteiger partial charge is 0.334 e. The minimum Gasteiger partial charge on any atom is -0.334 e. The third-order valence-electron chi connectivity index (χ3n) is 3.62. The summed E-state index contributed by atoms with van der Waals surface area (Å²) < 4.78 is 0. The Kier molecular flexibility index (Phi) is 5.06. The number of alkyl halides is 1. The quantitative estimate of drug-likeness (QED) is 0.760. The molecule has 98 valence electrons. The first-order valence-corrected chi connectivity index (χ1v) is 7.28. The summed E-state index contributed by atoms with van der Waals surface area (Å²) in [6, 6.07) is 9.90. The van der Waals surface area contributed by atoms with Gasteiger partial charge in [-0.3, -0.25) is 4.79 Å². The van der Waals surface area contributed by atoms with Crippen LogP contribution in [0.25, 0.3) is 0 Å². The lowest BCUT2D eigenvalue weighted by Crippen LogP contribution is -2.42. The minimum atomic E-state index is 0.128. The number of halogens is 1. The molecule has 0 atom stereocenters. The number of carbonyl (C=O) groups is 1. The average Bonchev–Trinajstić information content (AvgIpc) is 2.46. The monoisotopic (exact) mass is 265 g/mol. The Balaban J connectivity index is 2.11. The molecule has 0 aliphatic heterocycles. The van der Waals surface area contributed by atoms with E-state index in [9.17, 15) is 4.79 Å². The summed E-state index contributed by atoms with van der Waals surface area (Å²) in [5, 5.41) is 0. The standard InChI is InChI=1S/C15H20ClNO/c16-11-12-17(14-9-5-2-6-10-14)15(18)13-7-3-1-4-8-13/h1,3-4,7-8,14H,2,5-6,9-12H2. The fraction of sp³-hybridized carbons (Fsp3) is 0.533. The van der Waals surface area contributed by atoms with Crippen molar-refractivity contribution in [3.63, 3.8) is 0 Å². The lowest BCUT2D eigenvalue weighted by molar-refractivity contribution is 0.0649. The molecule has 0 aromatic heterocycles. The molecule has 0 heterocycles. The Morgan fingerprint density at radius 3 is 2.44 bits per heavy atom. The highest BCUT2D eigenvalue weighted by Gasteiger charge is 2.25. The van der Waals surface area contributed by atoms with Gasteiger partial charge in [-0.1, -0.05) is 37.5 Å². The molecule has 1 saturated carbocycles. The summed E-state index contributed by atoms with van der Waals surface area (Å²) in [5.41, 5.74) is 0.771. The van der Waals surface area contributed by atoms with Gasteiger partial charge in [0.05, 0.1) is 0 Å². The predicted octanol–water partition coefficient (Wildman–Crippen LogP) is 3.70. The van der Waals surface area contributed by atoms with Gasteiger partial charge >= 0.3 is 0 Å². The Labute approximate surface area is 114 Å². The molecule has 0 spiro atoms. The van der Waals surface area contributed by atoms with Crippen LogP contribution in [0.2, 0.25) is 0 Å². The van der Waals surface area contributed by atoms with Gasteiger partial charge in [0.15, 0.2) is 0 Å². The van der Waals surface area contributed by atoms with E-state index >= 15 is 0 Å². The molecule has 18 heavy (non-hydrogen) atoms. The molecule has 0 radical (unpaired) electrons. The summed E-state index contributed by atoms with van der Waals surface area (Å²) in [6.45, 7) is 0.653. The molecule has 0 N–H and O–H groups in total. The van der Waals surface area contributed by atoms with Crippen molar-refractivity contribution in [2.24, 2.45) is 0 Å². The lowest BCUT2D eigenvalue weighted by Gasteiger charge is -2.34. The summed E-state index contributed by atoms with van der Waals surface area (Å²) in [4.78, 5) is 14.5. The highest BCUT2D eigenvalue weighted by atomic mass is 35.5. The van der Waals surface area contributed by atoms with Gasteiger partial charge in [0.2, 0.25) is 0 Å². The molecule has 0 saturated heterocycles. The molecule has 0 bridgehead atoms. The van der Waals surface area contributed by atoms with Gasteiger partial charge in [0, 0.05) is 24.0 Å². The first-order chi connectivity index (χ1) is 8.83. The van der Waals surface area contributed by atoms with Crippen LogP contribution in [-0.2, 0) is 0 Å². The van der Waals surface area contributed by atoms with Crippen molar-refractivity contribution in [3.8, 4) is 0 Å². The van der Waals surface area contributed by atoms with Gasteiger partial charge in [-0.15, -0.1) is 11.6 Å². The average molecular weight is 266 g/mol. The zero-order valence-electron chi connectivity index (χ0n) is 10.6. The first kappa shape index (κ1) is 13.4. The molecule has 2 rings (SSSR count). The van der Waals surface area contributed by atoms with Gasteiger partial charge in [0.25, 0.3) is 5.91 Å². The molecular formula is C15H20ClNO. The number of benzene rings is 1. The van der Waals surface area contributed by atoms with Crippen LogP contribution in [0.5, 0.6) is 0 Å². The molecule has 1 aliphatic rings. The normalized spacial score (nSPS) is 16.5. The Hall–Kier alpha value is -1.02. The van der Waals surface area contributed by atoms with Crippen LogP contribution in [0.1, 0.15) is 42.5 Å². The van der Waals surface area contributed by atoms with E-state index < -0.39 is 0 Å². The number of nitrogens with zero attached hydrogens (tertiary/aromatic N) is 1. The van der Waals surface area contributed by atoms with E-state index in [1.165, 1.54) is 19.3 Å². The van der Waals surface area contributed by atoms with E-state index in [1.54, 1.807) is 0 Å². The topological polar surface area (TPSA) is 20.3 Å². The fourth-order valence-corrected chi connectivity index (χ4v) is 2.86. The Morgan fingerprint density at radius 1 is 1.17 bits per heavy atom. The fourth-order valence-electron chi connectivity index (χ4n) is 2.68. The second kappa shape index (κ2) is 6.79. The second-order valence-corrected chi connectivity index (χ2v) is 5.22. The van der Waals surface area contributed by atoms with Crippen LogP contribution in [0, 0.1) is 0 Å². The van der Waals surface area contributed by atoms with E-state index in [-0.39, 0.29) is 5.91 Å². The van der Waals surface area contributed by atoms with Crippen molar-refractivity contribution in [1.82, 2.24) is 4.90 Å². The number of hydrogen-bond acceptors (Lipinski definition) is 1. The van der Waals surface area contributed by atoms with E-state index in [1.807, 2.05) is 35.2 Å². The molecule has 0 unspecified atom stereocenters. The maximum absolute atomic E-state index is 12.5. The van der Waals surface area contributed by atoms with Gasteiger partial charge in [-0.05, 0) is 25.0 Å². The van der Waals surface area contributed by atoms with Crippen molar-refractivity contribution in [3.05, 3.63) is 35.9 Å². The van der Waals surface area contributed by atoms with E-state index in [2.05, 4.69) is 0 Å². The van der Waals surface area contributed by atoms with Gasteiger partial charge < -0.3 is 4.90 Å². The summed E-state index contributed by atoms with van der Waals surface area (Å²) in [6.07, 6.45) is 5.99. The number of hydrogen-bond donors (Lipinski definition) is 0. The summed E-state index contributed by atoms with van der Waals surface area (Å²) in [5.74, 6) is 0.637. The van der Waals surface area contributed by atoms with Crippen LogP contribution >= 0.6 is 11.6 Å². The van der Waals surface area contributed by atoms with Crippen LogP contribution in [-0.4, -0.2) is 29.3 Å². The third kappa shape index (κ3) is 3.26. The Bertz CT molecular complexity index is 373. The smallest absolute Gasteiger partial charge is 0.254 e. The van der Waals surface area contributed by atoms with Gasteiger partial charge in [-0.2, -0.15) is 0 Å². The van der Waals surface area contributed by atoms with Crippen LogP contribution < -0.4 is 0 Å². The second-order valence-electron chi connectivity index (χ2n) is 4.85. The van der Waals surface area contributed by atoms with E-state index in [4.69, 9.17) is 11.6 Å². The molecule has 2 nitrogen and oxygen atoms in total. The van der Waals surface area contributed by atoms with Crippen LogP contribution in [0.4, 0.5) is 0 Å². The molecule has 1 fully saturated rings. The maximum Gasteiger partial charge on any atom is 0.254 e. The highest BCUT2D eigenvalue weighted by molar-refractivity contribution is 6.18. The molecule has 1 aliphatic carbocycles. The zero-order chi connectivity index (χ0) is 12.8. The minimum absolute atomic E-state index is 0.128. The molecule has 3 heteroatoms. The van der Waals surface area contributed by atoms with Crippen molar-refractivity contribution >= 4 is 17.5 Å². The zero-order valence-corrected chi connectivity index (χ0v) is 11.4. The summed E-state index contributed by atoms with van der Waals surface area (Å²) in [7, 11) is 0. The number of amides is 1. The van der Waals surface area contributed by atoms with Gasteiger partial charge in [-0.25, -0.2) is 0 Å². The molecule has 1 aromatic carbocycles. The molecule has 1 aromatic rings. The van der Waals surface area contributed by atoms with Crippen molar-refractivity contribution in [2.45, 2.75) is 38.1 Å². The van der Waals surface area contributed by atoms with Crippen molar-refractivity contribution in [2.75, 3.05) is 12.4 Å². The number of rotatable bonds is 4. The SMILES string of the molecule is O=C(c1ccccc1)N(CCCl)C1CCCCC1. The molecular weight excluding hydrogens is 246 g/mol. The third-order valence-corrected chi connectivity index (χ3v) is 3.79. The lowest BCUT2D eigenvalue weighted by atomic mass is 9.93. The first-order valence-electron chi connectivity index (χ1n) is 6.75. The predicted molar refractivity (Wildman–Crippen MR) is 75.1 cm³/mol. The highest BCUT2D eigenvalue weighted by Crippen LogP contribution is 2.24. The van der Waals surface area contributed by atoms with Crippen molar-refractivity contribution < 1.29 is 4.79 Å². The Morgan fingerprint density at radius 2 is 1.83 bits per heavy atom. The van der Waals surface area contributed by atoms with Crippen molar-refractivity contribution in [1.29, 1.82) is 0 Å². The van der Waals surface area contributed by atoms with Crippen LogP contribution in [0.15, 0.2) is 30.3 Å².